The van der Waals surface area contributed by atoms with E-state index in [1.807, 2.05) is 36.9 Å². The number of amides is 2. The second-order valence-electron chi connectivity index (χ2n) is 6.35. The quantitative estimate of drug-likeness (QED) is 0.933. The molecule has 5 heteroatoms. The molecule has 1 aliphatic heterocycles. The zero-order valence-electron chi connectivity index (χ0n) is 13.1. The molecule has 0 unspecified atom stereocenters. The van der Waals surface area contributed by atoms with Gasteiger partial charge in [-0.25, -0.2) is 0 Å². The number of carbonyl (C=O) groups is 2. The summed E-state index contributed by atoms with van der Waals surface area (Å²) in [6, 6.07) is 5.65. The fourth-order valence-corrected chi connectivity index (χ4v) is 2.62. The smallest absolute Gasteiger partial charge is 0.227 e. The molecule has 1 N–H and O–H groups in total. The van der Waals surface area contributed by atoms with Gasteiger partial charge >= 0.3 is 0 Å². The molecule has 2 amide bonds. The maximum absolute atomic E-state index is 12.2. The fourth-order valence-electron chi connectivity index (χ4n) is 2.62. The van der Waals surface area contributed by atoms with Crippen LogP contribution in [0.2, 0.25) is 0 Å². The molecule has 0 radical (unpaired) electrons. The molecule has 22 heavy (non-hydrogen) atoms. The Labute approximate surface area is 130 Å². The van der Waals surface area contributed by atoms with Gasteiger partial charge in [0.25, 0.3) is 0 Å². The van der Waals surface area contributed by atoms with Crippen LogP contribution in [-0.2, 0) is 16.1 Å². The van der Waals surface area contributed by atoms with Crippen LogP contribution in [0.25, 0.3) is 0 Å². The molecule has 0 saturated heterocycles. The average molecular weight is 302 g/mol. The van der Waals surface area contributed by atoms with Gasteiger partial charge in [0.15, 0.2) is 0 Å². The molecule has 0 bridgehead atoms. The van der Waals surface area contributed by atoms with E-state index in [1.54, 1.807) is 0 Å². The SMILES string of the molecule is CC(C)C(=O)N1CCOc2ccc(NC(=O)C3CC3)cc2C1. The summed E-state index contributed by atoms with van der Waals surface area (Å²) in [5.74, 6) is 1.16. The Hall–Kier alpha value is -2.04. The van der Waals surface area contributed by atoms with Crippen LogP contribution < -0.4 is 10.1 Å². The maximum atomic E-state index is 12.2. The third-order valence-electron chi connectivity index (χ3n) is 4.06. The van der Waals surface area contributed by atoms with Gasteiger partial charge in [0, 0.05) is 29.6 Å². The summed E-state index contributed by atoms with van der Waals surface area (Å²) >= 11 is 0. The highest BCUT2D eigenvalue weighted by atomic mass is 16.5. The monoisotopic (exact) mass is 302 g/mol. The van der Waals surface area contributed by atoms with Crippen molar-refractivity contribution in [3.05, 3.63) is 23.8 Å². The van der Waals surface area contributed by atoms with E-state index in [1.165, 1.54) is 0 Å². The Morgan fingerprint density at radius 2 is 2.09 bits per heavy atom. The summed E-state index contributed by atoms with van der Waals surface area (Å²) in [7, 11) is 0. The third kappa shape index (κ3) is 3.24. The van der Waals surface area contributed by atoms with Gasteiger partial charge < -0.3 is 15.0 Å². The molecule has 0 spiro atoms. The predicted molar refractivity (Wildman–Crippen MR) is 83.5 cm³/mol. The van der Waals surface area contributed by atoms with Gasteiger partial charge in [-0.05, 0) is 31.0 Å². The van der Waals surface area contributed by atoms with Crippen molar-refractivity contribution >= 4 is 17.5 Å². The number of nitrogens with one attached hydrogen (secondary N) is 1. The van der Waals surface area contributed by atoms with E-state index in [9.17, 15) is 9.59 Å². The summed E-state index contributed by atoms with van der Waals surface area (Å²) in [5.41, 5.74) is 1.72. The summed E-state index contributed by atoms with van der Waals surface area (Å²) in [6.07, 6.45) is 1.97. The van der Waals surface area contributed by atoms with Crippen LogP contribution in [0.4, 0.5) is 5.69 Å². The van der Waals surface area contributed by atoms with E-state index in [4.69, 9.17) is 4.74 Å². The molecular weight excluding hydrogens is 280 g/mol. The Kier molecular flexibility index (Phi) is 4.05. The van der Waals surface area contributed by atoms with E-state index >= 15 is 0 Å². The van der Waals surface area contributed by atoms with Gasteiger partial charge in [0.1, 0.15) is 12.4 Å². The van der Waals surface area contributed by atoms with E-state index in [0.717, 1.165) is 29.8 Å². The van der Waals surface area contributed by atoms with Crippen molar-refractivity contribution in [3.63, 3.8) is 0 Å². The predicted octanol–water partition coefficient (Wildman–Crippen LogP) is 2.41. The lowest BCUT2D eigenvalue weighted by Crippen LogP contribution is -2.35. The van der Waals surface area contributed by atoms with Crippen molar-refractivity contribution in [2.24, 2.45) is 11.8 Å². The van der Waals surface area contributed by atoms with Gasteiger partial charge in [-0.2, -0.15) is 0 Å². The van der Waals surface area contributed by atoms with E-state index in [0.29, 0.717) is 19.7 Å². The first-order valence-electron chi connectivity index (χ1n) is 7.90. The minimum absolute atomic E-state index is 0.0284. The highest BCUT2D eigenvalue weighted by Crippen LogP contribution is 2.31. The molecule has 0 atom stereocenters. The zero-order chi connectivity index (χ0) is 15.7. The van der Waals surface area contributed by atoms with E-state index in [2.05, 4.69) is 5.32 Å². The number of fused-ring (bicyclic) bond motifs is 1. The van der Waals surface area contributed by atoms with Crippen LogP contribution in [0.1, 0.15) is 32.3 Å². The Morgan fingerprint density at radius 1 is 1.32 bits per heavy atom. The van der Waals surface area contributed by atoms with Gasteiger partial charge in [0.05, 0.1) is 6.54 Å². The molecular formula is C17H22N2O3. The molecule has 1 aliphatic carbocycles. The number of nitrogens with zero attached hydrogens (tertiary/aromatic N) is 1. The molecule has 1 aromatic carbocycles. The molecule has 0 aromatic heterocycles. The summed E-state index contributed by atoms with van der Waals surface area (Å²) in [5, 5.41) is 2.94. The highest BCUT2D eigenvalue weighted by molar-refractivity contribution is 5.94. The van der Waals surface area contributed by atoms with Gasteiger partial charge in [0.2, 0.25) is 11.8 Å². The van der Waals surface area contributed by atoms with E-state index < -0.39 is 0 Å². The third-order valence-corrected chi connectivity index (χ3v) is 4.06. The Bertz CT molecular complexity index is 594. The zero-order valence-corrected chi connectivity index (χ0v) is 13.1. The van der Waals surface area contributed by atoms with Crippen LogP contribution in [-0.4, -0.2) is 29.9 Å². The summed E-state index contributed by atoms with van der Waals surface area (Å²) < 4.78 is 5.72. The van der Waals surface area contributed by atoms with Crippen molar-refractivity contribution < 1.29 is 14.3 Å². The Balaban J connectivity index is 1.77. The molecule has 118 valence electrons. The molecule has 2 aliphatic rings. The average Bonchev–Trinajstić information content (AvgIpc) is 3.32. The summed E-state index contributed by atoms with van der Waals surface area (Å²) in [6.45, 7) is 5.43. The number of anilines is 1. The van der Waals surface area contributed by atoms with Gasteiger partial charge in [-0.15, -0.1) is 0 Å². The van der Waals surface area contributed by atoms with Crippen LogP contribution in [0.3, 0.4) is 0 Å². The van der Waals surface area contributed by atoms with Crippen molar-refractivity contribution in [1.29, 1.82) is 0 Å². The van der Waals surface area contributed by atoms with Crippen LogP contribution >= 0.6 is 0 Å². The number of rotatable bonds is 3. The minimum atomic E-state index is -0.0284. The lowest BCUT2D eigenvalue weighted by Gasteiger charge is -2.22. The lowest BCUT2D eigenvalue weighted by atomic mass is 10.1. The van der Waals surface area contributed by atoms with Crippen molar-refractivity contribution in [1.82, 2.24) is 4.90 Å². The normalized spacial score (nSPS) is 17.5. The van der Waals surface area contributed by atoms with Crippen molar-refractivity contribution in [2.75, 3.05) is 18.5 Å². The van der Waals surface area contributed by atoms with Crippen LogP contribution in [0, 0.1) is 11.8 Å². The molecule has 1 aromatic rings. The topological polar surface area (TPSA) is 58.6 Å². The highest BCUT2D eigenvalue weighted by Gasteiger charge is 2.30. The molecule has 1 saturated carbocycles. The lowest BCUT2D eigenvalue weighted by molar-refractivity contribution is -0.135. The van der Waals surface area contributed by atoms with Gasteiger partial charge in [-0.3, -0.25) is 9.59 Å². The molecule has 1 heterocycles. The first kappa shape index (κ1) is 14.9. The summed E-state index contributed by atoms with van der Waals surface area (Å²) in [4.78, 5) is 25.9. The number of ether oxygens (including phenoxy) is 1. The van der Waals surface area contributed by atoms with Crippen molar-refractivity contribution in [2.45, 2.75) is 33.2 Å². The van der Waals surface area contributed by atoms with E-state index in [-0.39, 0.29) is 23.7 Å². The number of carbonyl (C=O) groups excluding carboxylic acids is 2. The number of hydrogen-bond donors (Lipinski definition) is 1. The van der Waals surface area contributed by atoms with Crippen molar-refractivity contribution in [3.8, 4) is 5.75 Å². The largest absolute Gasteiger partial charge is 0.491 e. The fraction of sp³-hybridized carbons (Fsp3) is 0.529. The number of benzene rings is 1. The first-order valence-corrected chi connectivity index (χ1v) is 7.90. The second-order valence-corrected chi connectivity index (χ2v) is 6.35. The standard InChI is InChI=1S/C17H22N2O3/c1-11(2)17(21)19-7-8-22-15-6-5-14(9-13(15)10-19)18-16(20)12-3-4-12/h5-6,9,11-12H,3-4,7-8,10H2,1-2H3,(H,18,20). The first-order chi connectivity index (χ1) is 10.5. The molecule has 5 nitrogen and oxygen atoms in total. The Morgan fingerprint density at radius 3 is 2.77 bits per heavy atom. The molecule has 3 rings (SSSR count). The minimum Gasteiger partial charge on any atom is -0.491 e. The second kappa shape index (κ2) is 5.99. The van der Waals surface area contributed by atoms with Crippen LogP contribution in [0.5, 0.6) is 5.75 Å². The maximum Gasteiger partial charge on any atom is 0.227 e. The van der Waals surface area contributed by atoms with Gasteiger partial charge in [-0.1, -0.05) is 13.8 Å². The van der Waals surface area contributed by atoms with Crippen LogP contribution in [0.15, 0.2) is 18.2 Å². The molecule has 1 fully saturated rings. The number of hydrogen-bond acceptors (Lipinski definition) is 3.